The molecule has 0 saturated heterocycles. The molecule has 6 heteroatoms. The van der Waals surface area contributed by atoms with Gasteiger partial charge in [-0.05, 0) is 26.2 Å². The highest BCUT2D eigenvalue weighted by molar-refractivity contribution is 7.13. The molecule has 1 amide bonds. The van der Waals surface area contributed by atoms with E-state index >= 15 is 0 Å². The van der Waals surface area contributed by atoms with Crippen LogP contribution in [0.4, 0.5) is 0 Å². The lowest BCUT2D eigenvalue weighted by Gasteiger charge is -2.15. The molecule has 0 aliphatic rings. The van der Waals surface area contributed by atoms with Crippen LogP contribution in [0, 0.1) is 6.92 Å². The van der Waals surface area contributed by atoms with Crippen LogP contribution < -0.4 is 0 Å². The summed E-state index contributed by atoms with van der Waals surface area (Å²) in [5, 5.41) is 5.18. The van der Waals surface area contributed by atoms with Crippen molar-refractivity contribution in [2.24, 2.45) is 0 Å². The first-order valence-electron chi connectivity index (χ1n) is 9.31. The van der Waals surface area contributed by atoms with E-state index < -0.39 is 0 Å². The summed E-state index contributed by atoms with van der Waals surface area (Å²) in [5.74, 6) is 0.892. The number of hydrogen-bond acceptors (Lipinski definition) is 5. The zero-order valence-corrected chi connectivity index (χ0v) is 16.9. The Hall–Kier alpha value is -2.47. The van der Waals surface area contributed by atoms with Crippen LogP contribution in [0.5, 0.6) is 0 Å². The van der Waals surface area contributed by atoms with E-state index in [1.165, 1.54) is 11.3 Å². The van der Waals surface area contributed by atoms with E-state index in [0.717, 1.165) is 58.3 Å². The van der Waals surface area contributed by atoms with Gasteiger partial charge in [0, 0.05) is 31.6 Å². The maximum atomic E-state index is 12.7. The van der Waals surface area contributed by atoms with Gasteiger partial charge in [-0.15, -0.1) is 11.3 Å². The Balaban J connectivity index is 1.53. The van der Waals surface area contributed by atoms with Crippen molar-refractivity contribution in [2.45, 2.75) is 39.5 Å². The first-order valence-corrected chi connectivity index (χ1v) is 10.1. The van der Waals surface area contributed by atoms with Crippen LogP contribution in [0.2, 0.25) is 0 Å². The molecule has 27 heavy (non-hydrogen) atoms. The number of thiazole rings is 1. The molecule has 2 heterocycles. The van der Waals surface area contributed by atoms with Gasteiger partial charge >= 0.3 is 0 Å². The summed E-state index contributed by atoms with van der Waals surface area (Å²) < 4.78 is 5.43. The van der Waals surface area contributed by atoms with Gasteiger partial charge in [-0.25, -0.2) is 4.98 Å². The Morgan fingerprint density at radius 2 is 2.00 bits per heavy atom. The molecule has 0 atom stereocenters. The number of hydrogen-bond donors (Lipinski definition) is 0. The molecular formula is C21H25N3O2S. The van der Waals surface area contributed by atoms with Crippen molar-refractivity contribution < 1.29 is 9.32 Å². The second-order valence-corrected chi connectivity index (χ2v) is 7.73. The summed E-state index contributed by atoms with van der Waals surface area (Å²) in [6, 6.07) is 11.9. The summed E-state index contributed by atoms with van der Waals surface area (Å²) in [4.78, 5) is 19.7. The molecule has 5 nitrogen and oxygen atoms in total. The molecule has 0 aliphatic carbocycles. The molecule has 2 aromatic heterocycles. The second-order valence-electron chi connectivity index (χ2n) is 6.65. The van der Waals surface area contributed by atoms with E-state index in [9.17, 15) is 4.79 Å². The number of nitrogens with zero attached hydrogens (tertiary/aromatic N) is 3. The van der Waals surface area contributed by atoms with Crippen molar-refractivity contribution >= 4 is 17.2 Å². The van der Waals surface area contributed by atoms with E-state index in [4.69, 9.17) is 4.52 Å². The van der Waals surface area contributed by atoms with Crippen LogP contribution >= 0.6 is 11.3 Å². The van der Waals surface area contributed by atoms with Gasteiger partial charge in [-0.1, -0.05) is 42.4 Å². The third kappa shape index (κ3) is 4.83. The minimum atomic E-state index is 0.0508. The Morgan fingerprint density at radius 1 is 1.22 bits per heavy atom. The van der Waals surface area contributed by atoms with Gasteiger partial charge < -0.3 is 9.42 Å². The molecule has 0 aliphatic heterocycles. The molecular weight excluding hydrogens is 358 g/mol. The summed E-state index contributed by atoms with van der Waals surface area (Å²) in [6.07, 6.45) is 3.54. The van der Waals surface area contributed by atoms with Gasteiger partial charge in [0.1, 0.15) is 16.3 Å². The van der Waals surface area contributed by atoms with Crippen molar-refractivity contribution in [1.29, 1.82) is 0 Å². The smallest absolute Gasteiger partial charge is 0.265 e. The summed E-state index contributed by atoms with van der Waals surface area (Å²) >= 11 is 1.52. The summed E-state index contributed by atoms with van der Waals surface area (Å²) in [5.41, 5.74) is 2.73. The Morgan fingerprint density at radius 3 is 2.74 bits per heavy atom. The fourth-order valence-corrected chi connectivity index (χ4v) is 4.07. The first kappa shape index (κ1) is 19.3. The van der Waals surface area contributed by atoms with Crippen molar-refractivity contribution in [3.8, 4) is 11.3 Å². The number of rotatable bonds is 8. The van der Waals surface area contributed by atoms with E-state index in [2.05, 4.69) is 17.1 Å². The largest absolute Gasteiger partial charge is 0.361 e. The standard InChI is InChI=1S/C21H25N3O2S/c1-4-9-19-22-15(2)20(27-19)21(25)24(3)13-8-12-17-14-18(23-26-17)16-10-6-5-7-11-16/h5-7,10-11,14H,4,8-9,12-13H2,1-3H3. The minimum absolute atomic E-state index is 0.0508. The number of aromatic nitrogens is 2. The van der Waals surface area contributed by atoms with Gasteiger partial charge in [0.05, 0.1) is 10.7 Å². The maximum absolute atomic E-state index is 12.7. The number of benzene rings is 1. The SMILES string of the molecule is CCCc1nc(C)c(C(=O)N(C)CCCc2cc(-c3ccccc3)no2)s1. The second kappa shape index (κ2) is 8.95. The first-order chi connectivity index (χ1) is 13.1. The topological polar surface area (TPSA) is 59.2 Å². The lowest BCUT2D eigenvalue weighted by Crippen LogP contribution is -2.27. The van der Waals surface area contributed by atoms with Crippen molar-refractivity contribution in [1.82, 2.24) is 15.0 Å². The molecule has 0 spiro atoms. The Labute approximate surface area is 164 Å². The molecule has 3 aromatic rings. The molecule has 0 radical (unpaired) electrons. The van der Waals surface area contributed by atoms with Gasteiger partial charge in [0.2, 0.25) is 0 Å². The van der Waals surface area contributed by atoms with Gasteiger partial charge in [0.25, 0.3) is 5.91 Å². The lowest BCUT2D eigenvalue weighted by atomic mass is 10.1. The zero-order chi connectivity index (χ0) is 19.2. The van der Waals surface area contributed by atoms with Crippen molar-refractivity contribution in [2.75, 3.05) is 13.6 Å². The Kier molecular flexibility index (Phi) is 6.40. The Bertz CT molecular complexity index is 886. The van der Waals surface area contributed by atoms with Gasteiger partial charge in [0.15, 0.2) is 0 Å². The molecule has 142 valence electrons. The molecule has 1 aromatic carbocycles. The van der Waals surface area contributed by atoms with Crippen LogP contribution in [0.25, 0.3) is 11.3 Å². The highest BCUT2D eigenvalue weighted by atomic mass is 32.1. The molecule has 0 N–H and O–H groups in total. The monoisotopic (exact) mass is 383 g/mol. The third-order valence-electron chi connectivity index (χ3n) is 4.39. The molecule has 0 bridgehead atoms. The third-order valence-corrected chi connectivity index (χ3v) is 5.60. The quantitative estimate of drug-likeness (QED) is 0.562. The molecule has 3 rings (SSSR count). The highest BCUT2D eigenvalue weighted by Gasteiger charge is 2.18. The van der Waals surface area contributed by atoms with Crippen LogP contribution in [0.3, 0.4) is 0 Å². The van der Waals surface area contributed by atoms with Gasteiger partial charge in [-0.2, -0.15) is 0 Å². The summed E-state index contributed by atoms with van der Waals surface area (Å²) in [6.45, 7) is 4.70. The zero-order valence-electron chi connectivity index (χ0n) is 16.1. The van der Waals surface area contributed by atoms with E-state index in [-0.39, 0.29) is 5.91 Å². The number of aryl methyl sites for hydroxylation is 3. The van der Waals surface area contributed by atoms with Crippen LogP contribution in [0.1, 0.15) is 45.9 Å². The van der Waals surface area contributed by atoms with Crippen LogP contribution in [-0.4, -0.2) is 34.5 Å². The average molecular weight is 384 g/mol. The maximum Gasteiger partial charge on any atom is 0.265 e. The molecule has 0 saturated carbocycles. The van der Waals surface area contributed by atoms with Crippen molar-refractivity contribution in [3.05, 3.63) is 57.7 Å². The van der Waals surface area contributed by atoms with E-state index in [0.29, 0.717) is 6.54 Å². The number of carbonyl (C=O) groups is 1. The van der Waals surface area contributed by atoms with Crippen LogP contribution in [0.15, 0.2) is 40.9 Å². The molecule has 0 fully saturated rings. The number of amides is 1. The minimum Gasteiger partial charge on any atom is -0.361 e. The van der Waals surface area contributed by atoms with Crippen molar-refractivity contribution in [3.63, 3.8) is 0 Å². The fourth-order valence-electron chi connectivity index (χ4n) is 2.91. The molecule has 0 unspecified atom stereocenters. The predicted octanol–water partition coefficient (Wildman–Crippen LogP) is 4.76. The lowest BCUT2D eigenvalue weighted by molar-refractivity contribution is 0.0796. The normalized spacial score (nSPS) is 10.9. The average Bonchev–Trinajstić information content (AvgIpc) is 3.29. The van der Waals surface area contributed by atoms with E-state index in [1.54, 1.807) is 4.90 Å². The highest BCUT2D eigenvalue weighted by Crippen LogP contribution is 2.22. The van der Waals surface area contributed by atoms with Crippen LogP contribution in [-0.2, 0) is 12.8 Å². The van der Waals surface area contributed by atoms with Gasteiger partial charge in [-0.3, -0.25) is 4.79 Å². The van der Waals surface area contributed by atoms with E-state index in [1.807, 2.05) is 50.4 Å². The fraction of sp³-hybridized carbons (Fsp3) is 0.381. The predicted molar refractivity (Wildman–Crippen MR) is 108 cm³/mol. The number of carbonyl (C=O) groups excluding carboxylic acids is 1. The summed E-state index contributed by atoms with van der Waals surface area (Å²) in [7, 11) is 1.84.